The Kier molecular flexibility index (Phi) is 10.7. The molecule has 188 valence electrons. The molecule has 12 nitrogen and oxygen atoms in total. The molecule has 3 fully saturated rings. The second-order valence-electron chi connectivity index (χ2n) is 7.66. The molecule has 3 aliphatic rings. The van der Waals surface area contributed by atoms with Crippen molar-refractivity contribution in [3.05, 3.63) is 0 Å². The van der Waals surface area contributed by atoms with Gasteiger partial charge in [-0.05, 0) is 20.8 Å². The van der Waals surface area contributed by atoms with Crippen LogP contribution in [0.15, 0.2) is 0 Å². The first-order chi connectivity index (χ1) is 15.8. The van der Waals surface area contributed by atoms with E-state index < -0.39 is 31.4 Å². The maximum Gasteiger partial charge on any atom is 0.332 e. The highest BCUT2D eigenvalue weighted by molar-refractivity contribution is 7.53. The Morgan fingerprint density at radius 3 is 1.88 bits per heavy atom. The number of piperazine rings is 1. The van der Waals surface area contributed by atoms with Crippen molar-refractivity contribution in [3.63, 3.8) is 0 Å². The zero-order valence-corrected chi connectivity index (χ0v) is 20.5. The molecule has 33 heavy (non-hydrogen) atoms. The number of carbonyl (C=O) groups is 4. The predicted octanol–water partition coefficient (Wildman–Crippen LogP) is -0.371. The van der Waals surface area contributed by atoms with Crippen molar-refractivity contribution in [2.24, 2.45) is 0 Å². The minimum Gasteiger partial charge on any atom is -0.465 e. The van der Waals surface area contributed by atoms with Gasteiger partial charge in [0.1, 0.15) is 6.04 Å². The van der Waals surface area contributed by atoms with E-state index in [1.807, 2.05) is 0 Å². The first-order valence-corrected chi connectivity index (χ1v) is 13.1. The average molecular weight is 490 g/mol. The highest BCUT2D eigenvalue weighted by atomic mass is 31.2. The van der Waals surface area contributed by atoms with E-state index in [4.69, 9.17) is 13.8 Å². The van der Waals surface area contributed by atoms with Crippen LogP contribution < -0.4 is 0 Å². The van der Waals surface area contributed by atoms with E-state index in [0.717, 1.165) is 0 Å². The minimum absolute atomic E-state index is 0.131. The lowest BCUT2D eigenvalue weighted by atomic mass is 10.2. The van der Waals surface area contributed by atoms with Crippen LogP contribution in [0.3, 0.4) is 0 Å². The Morgan fingerprint density at radius 2 is 1.36 bits per heavy atom. The van der Waals surface area contributed by atoms with Crippen LogP contribution in [0, 0.1) is 0 Å². The van der Waals surface area contributed by atoms with Gasteiger partial charge >= 0.3 is 25.4 Å². The van der Waals surface area contributed by atoms with Crippen LogP contribution in [0.25, 0.3) is 0 Å². The van der Waals surface area contributed by atoms with E-state index in [-0.39, 0.29) is 65.3 Å². The Labute approximate surface area is 194 Å². The molecule has 0 N–H and O–H groups in total. The minimum atomic E-state index is -3.61. The summed E-state index contributed by atoms with van der Waals surface area (Å²) >= 11 is 0. The van der Waals surface area contributed by atoms with Gasteiger partial charge in [0.2, 0.25) is 6.41 Å². The third kappa shape index (κ3) is 7.49. The SMILES string of the molecule is CCOC(=O)C(CP(=O)(OCC)OCC)N1CCN(C=O)CCN2CCN(CC1)C(=O)C2=O. The molecule has 0 aliphatic carbocycles. The van der Waals surface area contributed by atoms with Gasteiger partial charge in [-0.2, -0.15) is 0 Å². The lowest BCUT2D eigenvalue weighted by Crippen LogP contribution is -2.58. The Bertz CT molecular complexity index is 742. The number of hydrogen-bond acceptors (Lipinski definition) is 9. The number of nitrogens with zero attached hydrogens (tertiary/aromatic N) is 4. The monoisotopic (exact) mass is 490 g/mol. The first kappa shape index (κ1) is 27.2. The molecule has 0 radical (unpaired) electrons. The first-order valence-electron chi connectivity index (χ1n) is 11.3. The number of esters is 1. The zero-order chi connectivity index (χ0) is 24.4. The van der Waals surface area contributed by atoms with Gasteiger partial charge in [0.15, 0.2) is 0 Å². The lowest BCUT2D eigenvalue weighted by molar-refractivity contribution is -0.157. The molecule has 0 aromatic heterocycles. The fraction of sp³-hybridized carbons (Fsp3) is 0.800. The summed E-state index contributed by atoms with van der Waals surface area (Å²) in [7, 11) is -3.61. The highest BCUT2D eigenvalue weighted by Crippen LogP contribution is 2.49. The summed E-state index contributed by atoms with van der Waals surface area (Å²) in [6.07, 6.45) is 0.451. The van der Waals surface area contributed by atoms with Crippen LogP contribution in [0.4, 0.5) is 0 Å². The van der Waals surface area contributed by atoms with E-state index in [0.29, 0.717) is 19.5 Å². The maximum atomic E-state index is 13.2. The fourth-order valence-electron chi connectivity index (χ4n) is 3.86. The predicted molar refractivity (Wildman–Crippen MR) is 119 cm³/mol. The van der Waals surface area contributed by atoms with Crippen molar-refractivity contribution in [1.29, 1.82) is 0 Å². The Morgan fingerprint density at radius 1 is 0.879 bits per heavy atom. The highest BCUT2D eigenvalue weighted by Gasteiger charge is 2.39. The van der Waals surface area contributed by atoms with Crippen molar-refractivity contribution in [2.75, 3.05) is 78.3 Å². The second-order valence-corrected chi connectivity index (χ2v) is 9.76. The molecule has 0 aromatic carbocycles. The molecule has 3 rings (SSSR count). The van der Waals surface area contributed by atoms with E-state index in [9.17, 15) is 23.7 Å². The van der Waals surface area contributed by atoms with Crippen LogP contribution in [0.1, 0.15) is 20.8 Å². The average Bonchev–Trinajstić information content (AvgIpc) is 2.77. The molecule has 3 heterocycles. The van der Waals surface area contributed by atoms with E-state index in [1.54, 1.807) is 25.7 Å². The summed E-state index contributed by atoms with van der Waals surface area (Å²) in [6, 6.07) is -0.975. The van der Waals surface area contributed by atoms with E-state index in [2.05, 4.69) is 0 Å². The number of amides is 3. The van der Waals surface area contributed by atoms with Crippen LogP contribution in [-0.4, -0.2) is 128 Å². The molecule has 3 aliphatic heterocycles. The standard InChI is InChI=1S/C20H35N4O8P/c1-4-30-20(28)17(15-33(29,31-5-2)32-6-3)22-9-7-21(16-25)8-10-23-13-14-24(12-11-22)19(27)18(23)26/h16-17H,4-15H2,1-3H3. The smallest absolute Gasteiger partial charge is 0.332 e. The molecule has 3 amide bonds. The largest absolute Gasteiger partial charge is 0.465 e. The summed E-state index contributed by atoms with van der Waals surface area (Å²) in [4.78, 5) is 55.6. The normalized spacial score (nSPS) is 19.8. The zero-order valence-electron chi connectivity index (χ0n) is 19.6. The van der Waals surface area contributed by atoms with Crippen molar-refractivity contribution in [3.8, 4) is 0 Å². The molecule has 3 saturated heterocycles. The molecule has 1 unspecified atom stereocenters. The fourth-order valence-corrected chi connectivity index (χ4v) is 5.74. The molecule has 2 bridgehead atoms. The van der Waals surface area contributed by atoms with Gasteiger partial charge in [-0.1, -0.05) is 0 Å². The molecule has 0 aromatic rings. The summed E-state index contributed by atoms with van der Waals surface area (Å²) in [5.41, 5.74) is 0. The number of rotatable bonds is 10. The molecule has 0 saturated carbocycles. The van der Waals surface area contributed by atoms with Gasteiger partial charge in [0.05, 0.1) is 26.0 Å². The van der Waals surface area contributed by atoms with Crippen LogP contribution in [-0.2, 0) is 37.5 Å². The van der Waals surface area contributed by atoms with Gasteiger partial charge in [-0.15, -0.1) is 0 Å². The maximum absolute atomic E-state index is 13.2. The van der Waals surface area contributed by atoms with Crippen molar-refractivity contribution in [1.82, 2.24) is 19.6 Å². The second kappa shape index (κ2) is 13.0. The van der Waals surface area contributed by atoms with Crippen LogP contribution in [0.5, 0.6) is 0 Å². The van der Waals surface area contributed by atoms with Gasteiger partial charge in [0.25, 0.3) is 0 Å². The molecular weight excluding hydrogens is 455 g/mol. The topological polar surface area (TPSA) is 126 Å². The molecular formula is C20H35N4O8P. The van der Waals surface area contributed by atoms with E-state index in [1.165, 1.54) is 14.7 Å². The van der Waals surface area contributed by atoms with Gasteiger partial charge in [-0.3, -0.25) is 28.6 Å². The number of carbonyl (C=O) groups excluding carboxylic acids is 4. The summed E-state index contributed by atoms with van der Waals surface area (Å²) in [6.45, 7) is 7.69. The van der Waals surface area contributed by atoms with Gasteiger partial charge in [0, 0.05) is 52.4 Å². The summed E-state index contributed by atoms with van der Waals surface area (Å²) < 4.78 is 29.3. The van der Waals surface area contributed by atoms with Crippen molar-refractivity contribution < 1.29 is 37.5 Å². The quantitative estimate of drug-likeness (QED) is 0.174. The molecule has 13 heteroatoms. The lowest BCUT2D eigenvalue weighted by Gasteiger charge is -2.39. The van der Waals surface area contributed by atoms with Gasteiger partial charge in [-0.25, -0.2) is 0 Å². The van der Waals surface area contributed by atoms with Crippen molar-refractivity contribution >= 4 is 31.8 Å². The third-order valence-corrected chi connectivity index (χ3v) is 7.68. The summed E-state index contributed by atoms with van der Waals surface area (Å²) in [5, 5.41) is 0. The molecule has 0 spiro atoms. The Balaban J connectivity index is 2.33. The molecule has 1 atom stereocenters. The number of hydrogen-bond donors (Lipinski definition) is 0. The Hall–Kier alpha value is -2.01. The third-order valence-electron chi connectivity index (χ3n) is 5.58. The van der Waals surface area contributed by atoms with Gasteiger partial charge < -0.3 is 28.5 Å². The van der Waals surface area contributed by atoms with E-state index >= 15 is 0 Å². The van der Waals surface area contributed by atoms with Crippen molar-refractivity contribution in [2.45, 2.75) is 26.8 Å². The summed E-state index contributed by atoms with van der Waals surface area (Å²) in [5.74, 6) is -1.80. The number of ether oxygens (including phenoxy) is 1. The van der Waals surface area contributed by atoms with Crippen LogP contribution >= 0.6 is 7.60 Å². The number of fused-ring (bicyclic) bond motifs is 9. The van der Waals surface area contributed by atoms with Crippen LogP contribution in [0.2, 0.25) is 0 Å².